The number of amides is 1. The number of nitrogens with zero attached hydrogens (tertiary/aromatic N) is 3. The third-order valence-electron chi connectivity index (χ3n) is 5.03. The lowest BCUT2D eigenvalue weighted by atomic mass is 10.2. The fourth-order valence-electron chi connectivity index (χ4n) is 3.44. The van der Waals surface area contributed by atoms with E-state index in [4.69, 9.17) is 0 Å². The van der Waals surface area contributed by atoms with Crippen molar-refractivity contribution < 1.29 is 9.90 Å². The van der Waals surface area contributed by atoms with Crippen molar-refractivity contribution in [2.24, 2.45) is 0 Å². The lowest BCUT2D eigenvalue weighted by molar-refractivity contribution is -0.132. The minimum atomic E-state index is -0.390. The molecular weight excluding hydrogens is 411 g/mol. The van der Waals surface area contributed by atoms with Crippen LogP contribution >= 0.6 is 37.2 Å². The molecule has 0 aromatic heterocycles. The lowest BCUT2D eigenvalue weighted by Crippen LogP contribution is -2.50. The van der Waals surface area contributed by atoms with E-state index < -0.39 is 6.10 Å². The maximum atomic E-state index is 12.3. The van der Waals surface area contributed by atoms with Gasteiger partial charge in [-0.15, -0.1) is 37.2 Å². The zero-order chi connectivity index (χ0) is 16.9. The first-order valence-electron chi connectivity index (χ1n) is 8.82. The number of halogens is 3. The Morgan fingerprint density at radius 1 is 1.15 bits per heavy atom. The van der Waals surface area contributed by atoms with Crippen molar-refractivity contribution in [1.82, 2.24) is 15.1 Å². The second kappa shape index (κ2) is 12.6. The zero-order valence-corrected chi connectivity index (χ0v) is 18.1. The molecule has 0 saturated carbocycles. The van der Waals surface area contributed by atoms with E-state index in [1.807, 2.05) is 13.1 Å². The topological polar surface area (TPSA) is 59.0 Å². The molecule has 0 bridgehead atoms. The molecule has 2 saturated heterocycles. The van der Waals surface area contributed by atoms with Crippen molar-refractivity contribution in [1.29, 1.82) is 0 Å². The Hall–Kier alpha value is -0.760. The number of carbonyl (C=O) groups excluding carboxylic acids is 1. The molecule has 0 aliphatic carbocycles. The summed E-state index contributed by atoms with van der Waals surface area (Å²) in [6.07, 6.45) is 0.136. The summed E-state index contributed by atoms with van der Waals surface area (Å²) in [6, 6.07) is 10.3. The molecule has 1 amide bonds. The molecule has 9 heteroatoms. The monoisotopic (exact) mass is 440 g/mol. The van der Waals surface area contributed by atoms with Gasteiger partial charge in [0, 0.05) is 58.5 Å². The summed E-state index contributed by atoms with van der Waals surface area (Å²) < 4.78 is 0. The molecule has 156 valence electrons. The molecule has 2 aliphatic heterocycles. The molecular formula is C18H31Cl3N4O2. The first kappa shape index (κ1) is 26.2. The quantitative estimate of drug-likeness (QED) is 0.720. The van der Waals surface area contributed by atoms with Crippen molar-refractivity contribution in [2.45, 2.75) is 18.6 Å². The Kier molecular flexibility index (Phi) is 12.3. The average Bonchev–Trinajstić information content (AvgIpc) is 3.06. The normalized spacial score (nSPS) is 22.2. The Balaban J connectivity index is 0.00000225. The highest BCUT2D eigenvalue weighted by Crippen LogP contribution is 2.15. The van der Waals surface area contributed by atoms with Gasteiger partial charge in [-0.25, -0.2) is 0 Å². The molecule has 2 aliphatic rings. The van der Waals surface area contributed by atoms with Crippen LogP contribution in [0.25, 0.3) is 0 Å². The summed E-state index contributed by atoms with van der Waals surface area (Å²) in [7, 11) is 1.86. The van der Waals surface area contributed by atoms with E-state index in [-0.39, 0.29) is 49.2 Å². The number of rotatable bonds is 5. The van der Waals surface area contributed by atoms with Gasteiger partial charge in [0.25, 0.3) is 0 Å². The second-order valence-electron chi connectivity index (χ2n) is 6.77. The molecule has 27 heavy (non-hydrogen) atoms. The molecule has 2 fully saturated rings. The van der Waals surface area contributed by atoms with Gasteiger partial charge < -0.3 is 20.2 Å². The molecule has 1 aromatic rings. The van der Waals surface area contributed by atoms with Gasteiger partial charge >= 0.3 is 0 Å². The summed E-state index contributed by atoms with van der Waals surface area (Å²) in [5.74, 6) is 0.0921. The third-order valence-corrected chi connectivity index (χ3v) is 5.03. The maximum absolute atomic E-state index is 12.3. The summed E-state index contributed by atoms with van der Waals surface area (Å²) in [5.41, 5.74) is 1.29. The van der Waals surface area contributed by atoms with E-state index >= 15 is 0 Å². The summed E-state index contributed by atoms with van der Waals surface area (Å²) in [6.45, 7) is 6.26. The highest BCUT2D eigenvalue weighted by Gasteiger charge is 2.30. The largest absolute Gasteiger partial charge is 0.392 e. The van der Waals surface area contributed by atoms with Crippen LogP contribution in [-0.2, 0) is 4.79 Å². The van der Waals surface area contributed by atoms with Crippen LogP contribution in [-0.4, -0.2) is 85.8 Å². The van der Waals surface area contributed by atoms with Gasteiger partial charge in [-0.3, -0.25) is 9.69 Å². The number of aliphatic hydroxyl groups excluding tert-OH is 1. The van der Waals surface area contributed by atoms with Crippen molar-refractivity contribution in [2.75, 3.05) is 57.8 Å². The summed E-state index contributed by atoms with van der Waals surface area (Å²) in [4.78, 5) is 18.9. The predicted octanol–water partition coefficient (Wildman–Crippen LogP) is 1.26. The predicted molar refractivity (Wildman–Crippen MR) is 117 cm³/mol. The number of hydrogen-bond acceptors (Lipinski definition) is 5. The van der Waals surface area contributed by atoms with E-state index in [0.29, 0.717) is 13.0 Å². The van der Waals surface area contributed by atoms with Gasteiger partial charge in [-0.2, -0.15) is 0 Å². The Morgan fingerprint density at radius 2 is 1.78 bits per heavy atom. The Bertz CT molecular complexity index is 545. The molecule has 1 aromatic carbocycles. The molecule has 6 nitrogen and oxygen atoms in total. The first-order valence-corrected chi connectivity index (χ1v) is 8.82. The number of nitrogens with one attached hydrogen (secondary N) is 1. The number of piperazine rings is 1. The summed E-state index contributed by atoms with van der Waals surface area (Å²) >= 11 is 0. The average molecular weight is 442 g/mol. The number of carbonyl (C=O) groups is 1. The number of β-amino-alcohol motifs (C(OH)–C–C–N with tert-alkyl or cyclic N) is 1. The van der Waals surface area contributed by atoms with Crippen LogP contribution in [0.3, 0.4) is 0 Å². The van der Waals surface area contributed by atoms with Gasteiger partial charge in [0.1, 0.15) is 0 Å². The van der Waals surface area contributed by atoms with E-state index in [2.05, 4.69) is 39.4 Å². The first-order chi connectivity index (χ1) is 11.6. The second-order valence-corrected chi connectivity index (χ2v) is 6.77. The van der Waals surface area contributed by atoms with Crippen LogP contribution in [0.2, 0.25) is 0 Å². The van der Waals surface area contributed by atoms with E-state index in [1.165, 1.54) is 5.69 Å². The van der Waals surface area contributed by atoms with Crippen LogP contribution in [0.4, 0.5) is 5.69 Å². The molecule has 2 heterocycles. The molecule has 3 rings (SSSR count). The van der Waals surface area contributed by atoms with Gasteiger partial charge in [0.2, 0.25) is 5.91 Å². The Labute approximate surface area is 180 Å². The molecule has 2 unspecified atom stereocenters. The van der Waals surface area contributed by atoms with Gasteiger partial charge in [-0.1, -0.05) is 18.2 Å². The zero-order valence-electron chi connectivity index (χ0n) is 15.6. The smallest absolute Gasteiger partial charge is 0.239 e. The van der Waals surface area contributed by atoms with Gasteiger partial charge in [-0.05, 0) is 18.6 Å². The minimum Gasteiger partial charge on any atom is -0.392 e. The van der Waals surface area contributed by atoms with Crippen LogP contribution in [0.5, 0.6) is 0 Å². The number of anilines is 1. The minimum absolute atomic E-state index is 0. The van der Waals surface area contributed by atoms with E-state index in [1.54, 1.807) is 4.90 Å². The fourth-order valence-corrected chi connectivity index (χ4v) is 3.44. The Morgan fingerprint density at radius 3 is 2.33 bits per heavy atom. The van der Waals surface area contributed by atoms with Crippen molar-refractivity contribution in [3.63, 3.8) is 0 Å². The van der Waals surface area contributed by atoms with Gasteiger partial charge in [0.05, 0.1) is 12.1 Å². The lowest BCUT2D eigenvalue weighted by Gasteiger charge is -2.36. The number of aliphatic hydroxyl groups is 1. The van der Waals surface area contributed by atoms with Crippen LogP contribution in [0.1, 0.15) is 6.42 Å². The molecule has 2 N–H and O–H groups in total. The van der Waals surface area contributed by atoms with E-state index in [0.717, 1.165) is 39.3 Å². The summed E-state index contributed by atoms with van der Waals surface area (Å²) in [5, 5.41) is 12.6. The fraction of sp³-hybridized carbons (Fsp3) is 0.611. The van der Waals surface area contributed by atoms with Crippen LogP contribution in [0.15, 0.2) is 30.3 Å². The van der Waals surface area contributed by atoms with Crippen LogP contribution < -0.4 is 10.2 Å². The highest BCUT2D eigenvalue weighted by molar-refractivity contribution is 5.86. The number of para-hydroxylation sites is 1. The van der Waals surface area contributed by atoms with Gasteiger partial charge in [0.15, 0.2) is 0 Å². The SMILES string of the molecule is CN(CCN1CCN(c2ccccc2)CC1)C(=O)C1CC(O)CN1.Cl.Cl.Cl. The van der Waals surface area contributed by atoms with Crippen molar-refractivity contribution in [3.8, 4) is 0 Å². The molecule has 0 spiro atoms. The van der Waals surface area contributed by atoms with E-state index in [9.17, 15) is 9.90 Å². The number of likely N-dealkylation sites (N-methyl/N-ethyl adjacent to an activating group) is 1. The third kappa shape index (κ3) is 7.29. The van der Waals surface area contributed by atoms with Crippen LogP contribution in [0, 0.1) is 0 Å². The highest BCUT2D eigenvalue weighted by atomic mass is 35.5. The molecule has 0 radical (unpaired) electrons. The molecule has 2 atom stereocenters. The number of benzene rings is 1. The number of hydrogen-bond donors (Lipinski definition) is 2. The van der Waals surface area contributed by atoms with Crippen molar-refractivity contribution >= 4 is 48.8 Å². The van der Waals surface area contributed by atoms with Crippen molar-refractivity contribution in [3.05, 3.63) is 30.3 Å². The standard InChI is InChI=1S/C18H28N4O2.3ClH/c1-20(18(24)17-13-16(23)14-19-17)7-8-21-9-11-22(12-10-21)15-5-3-2-4-6-15;;;/h2-6,16-17,19,23H,7-14H2,1H3;3*1H. The maximum Gasteiger partial charge on any atom is 0.239 e.